The summed E-state index contributed by atoms with van der Waals surface area (Å²) in [6.45, 7) is 6.36. The number of aliphatic carboxylic acids is 1. The molecule has 0 bridgehead atoms. The Morgan fingerprint density at radius 2 is 1.62 bits per heavy atom. The summed E-state index contributed by atoms with van der Waals surface area (Å²) in [5.41, 5.74) is 7.25. The van der Waals surface area contributed by atoms with Gasteiger partial charge in [-0.1, -0.05) is 32.0 Å². The Morgan fingerprint density at radius 3 is 2.22 bits per heavy atom. The molecule has 4 unspecified atom stereocenters. The fourth-order valence-corrected chi connectivity index (χ4v) is 3.19. The minimum absolute atomic E-state index is 0.125. The number of aromatic amines is 1. The van der Waals surface area contributed by atoms with Crippen molar-refractivity contribution in [2.24, 2.45) is 11.7 Å². The van der Waals surface area contributed by atoms with Gasteiger partial charge in [0.1, 0.15) is 18.1 Å². The first-order chi connectivity index (χ1) is 15.0. The van der Waals surface area contributed by atoms with Gasteiger partial charge in [-0.3, -0.25) is 19.2 Å². The number of aromatic nitrogens is 1. The van der Waals surface area contributed by atoms with E-state index in [1.54, 1.807) is 20.0 Å². The van der Waals surface area contributed by atoms with E-state index in [4.69, 9.17) is 10.8 Å². The maximum absolute atomic E-state index is 13.0. The van der Waals surface area contributed by atoms with Crippen LogP contribution in [0.4, 0.5) is 0 Å². The normalized spacial score (nSPS) is 14.9. The number of rotatable bonds is 10. The lowest BCUT2D eigenvalue weighted by atomic mass is 10.00. The lowest BCUT2D eigenvalue weighted by Crippen LogP contribution is -2.58. The molecule has 7 N–H and O–H groups in total. The molecule has 0 aliphatic carbocycles. The van der Waals surface area contributed by atoms with Gasteiger partial charge in [0, 0.05) is 23.5 Å². The van der Waals surface area contributed by atoms with Crippen molar-refractivity contribution in [2.45, 2.75) is 58.3 Å². The van der Waals surface area contributed by atoms with Gasteiger partial charge < -0.3 is 31.8 Å². The number of H-pyrrole nitrogens is 1. The maximum atomic E-state index is 13.0. The number of carboxylic acid groups (broad SMARTS) is 1. The van der Waals surface area contributed by atoms with Crippen LogP contribution in [0, 0.1) is 5.92 Å². The van der Waals surface area contributed by atoms with Crippen LogP contribution in [0.3, 0.4) is 0 Å². The number of amides is 3. The molecular formula is C22H31N5O5. The average molecular weight is 446 g/mol. The zero-order chi connectivity index (χ0) is 24.0. The van der Waals surface area contributed by atoms with E-state index >= 15 is 0 Å². The fourth-order valence-electron chi connectivity index (χ4n) is 3.19. The molecule has 2 rings (SSSR count). The third-order valence-corrected chi connectivity index (χ3v) is 5.12. The Balaban J connectivity index is 2.28. The molecular weight excluding hydrogens is 414 g/mol. The van der Waals surface area contributed by atoms with Gasteiger partial charge in [-0.25, -0.2) is 0 Å². The Kier molecular flexibility index (Phi) is 8.36. The number of carbonyl (C=O) groups excluding carboxylic acids is 3. The fraction of sp³-hybridized carbons (Fsp3) is 0.455. The molecule has 0 aliphatic heterocycles. The van der Waals surface area contributed by atoms with Crippen LogP contribution in [0.1, 0.15) is 33.3 Å². The number of benzene rings is 1. The highest BCUT2D eigenvalue weighted by Crippen LogP contribution is 2.19. The highest BCUT2D eigenvalue weighted by molar-refractivity contribution is 5.94. The molecule has 2 aromatic rings. The predicted molar refractivity (Wildman–Crippen MR) is 120 cm³/mol. The molecule has 174 valence electrons. The number of para-hydroxylation sites is 1. The van der Waals surface area contributed by atoms with E-state index < -0.39 is 47.9 Å². The van der Waals surface area contributed by atoms with Crippen LogP contribution in [0.2, 0.25) is 0 Å². The summed E-state index contributed by atoms with van der Waals surface area (Å²) in [6.07, 6.45) is 1.87. The number of nitrogens with two attached hydrogens (primary N) is 1. The van der Waals surface area contributed by atoms with E-state index in [9.17, 15) is 19.2 Å². The van der Waals surface area contributed by atoms with Crippen molar-refractivity contribution in [1.29, 1.82) is 0 Å². The van der Waals surface area contributed by atoms with Crippen molar-refractivity contribution in [3.05, 3.63) is 36.0 Å². The molecule has 4 atom stereocenters. The molecule has 0 spiro atoms. The Labute approximate surface area is 186 Å². The minimum Gasteiger partial charge on any atom is -0.480 e. The number of carboxylic acids is 1. The number of fused-ring (bicyclic) bond motifs is 1. The number of nitrogens with one attached hydrogen (secondary N) is 4. The first-order valence-electron chi connectivity index (χ1n) is 10.5. The van der Waals surface area contributed by atoms with E-state index in [0.29, 0.717) is 0 Å². The Bertz CT molecular complexity index is 984. The van der Waals surface area contributed by atoms with Crippen molar-refractivity contribution in [2.75, 3.05) is 0 Å². The van der Waals surface area contributed by atoms with Crippen LogP contribution in [-0.2, 0) is 25.6 Å². The van der Waals surface area contributed by atoms with Gasteiger partial charge >= 0.3 is 5.97 Å². The molecule has 0 saturated carbocycles. The highest BCUT2D eigenvalue weighted by atomic mass is 16.4. The average Bonchev–Trinajstić information content (AvgIpc) is 3.13. The van der Waals surface area contributed by atoms with Crippen LogP contribution in [-0.4, -0.2) is 57.9 Å². The van der Waals surface area contributed by atoms with E-state index in [0.717, 1.165) is 16.5 Å². The quantitative estimate of drug-likeness (QED) is 0.307. The lowest BCUT2D eigenvalue weighted by molar-refractivity contribution is -0.141. The lowest BCUT2D eigenvalue weighted by Gasteiger charge is -2.26. The SMILES string of the molecule is CC(N)C(=O)NC(C(=O)NC(Cc1c[nH]c2ccccc12)C(=O)NC(C)C(=O)O)C(C)C. The molecule has 0 fully saturated rings. The van der Waals surface area contributed by atoms with Crippen LogP contribution in [0.25, 0.3) is 10.9 Å². The summed E-state index contributed by atoms with van der Waals surface area (Å²) >= 11 is 0. The van der Waals surface area contributed by atoms with E-state index in [-0.39, 0.29) is 12.3 Å². The zero-order valence-corrected chi connectivity index (χ0v) is 18.6. The van der Waals surface area contributed by atoms with Crippen molar-refractivity contribution in [1.82, 2.24) is 20.9 Å². The highest BCUT2D eigenvalue weighted by Gasteiger charge is 2.31. The maximum Gasteiger partial charge on any atom is 0.325 e. The third kappa shape index (κ3) is 6.30. The van der Waals surface area contributed by atoms with Crippen molar-refractivity contribution in [3.8, 4) is 0 Å². The van der Waals surface area contributed by atoms with Gasteiger partial charge in [0.15, 0.2) is 0 Å². The van der Waals surface area contributed by atoms with Crippen LogP contribution < -0.4 is 21.7 Å². The zero-order valence-electron chi connectivity index (χ0n) is 18.6. The van der Waals surface area contributed by atoms with Gasteiger partial charge in [0.05, 0.1) is 6.04 Å². The second-order valence-corrected chi connectivity index (χ2v) is 8.21. The second-order valence-electron chi connectivity index (χ2n) is 8.21. The largest absolute Gasteiger partial charge is 0.480 e. The Morgan fingerprint density at radius 1 is 0.969 bits per heavy atom. The standard InChI is InChI=1S/C22H31N5O5/c1-11(2)18(27-19(28)12(3)23)21(30)26-17(20(29)25-13(4)22(31)32)9-14-10-24-16-8-6-5-7-15(14)16/h5-8,10-13,17-18,24H,9,23H2,1-4H3,(H,25,29)(H,26,30)(H,27,28)(H,31,32). The minimum atomic E-state index is -1.19. The van der Waals surface area contributed by atoms with Crippen LogP contribution >= 0.6 is 0 Å². The first-order valence-corrected chi connectivity index (χ1v) is 10.5. The molecule has 1 aromatic heterocycles. The molecule has 3 amide bonds. The molecule has 1 heterocycles. The van der Waals surface area contributed by atoms with Gasteiger partial charge in [-0.2, -0.15) is 0 Å². The molecule has 0 radical (unpaired) electrons. The molecule has 1 aromatic carbocycles. The first kappa shape index (κ1) is 24.9. The van der Waals surface area contributed by atoms with Gasteiger partial charge in [-0.15, -0.1) is 0 Å². The second kappa shape index (κ2) is 10.8. The van der Waals surface area contributed by atoms with Gasteiger partial charge in [0.25, 0.3) is 0 Å². The smallest absolute Gasteiger partial charge is 0.325 e. The molecule has 0 saturated heterocycles. The predicted octanol–water partition coefficient (Wildman–Crippen LogP) is 0.273. The van der Waals surface area contributed by atoms with Crippen molar-refractivity contribution in [3.63, 3.8) is 0 Å². The topological polar surface area (TPSA) is 166 Å². The third-order valence-electron chi connectivity index (χ3n) is 5.12. The van der Waals surface area contributed by atoms with Crippen molar-refractivity contribution >= 4 is 34.6 Å². The summed E-state index contributed by atoms with van der Waals surface area (Å²) in [5.74, 6) is -3.15. The van der Waals surface area contributed by atoms with E-state index in [2.05, 4.69) is 20.9 Å². The Hall–Kier alpha value is -3.40. The summed E-state index contributed by atoms with van der Waals surface area (Å²) in [4.78, 5) is 52.2. The van der Waals surface area contributed by atoms with E-state index in [1.165, 1.54) is 13.8 Å². The monoisotopic (exact) mass is 445 g/mol. The van der Waals surface area contributed by atoms with Crippen LogP contribution in [0.15, 0.2) is 30.5 Å². The summed E-state index contributed by atoms with van der Waals surface area (Å²) in [7, 11) is 0. The number of hydrogen-bond donors (Lipinski definition) is 6. The number of carbonyl (C=O) groups is 4. The summed E-state index contributed by atoms with van der Waals surface area (Å²) in [5, 5.41) is 17.7. The van der Waals surface area contributed by atoms with Crippen molar-refractivity contribution < 1.29 is 24.3 Å². The molecule has 32 heavy (non-hydrogen) atoms. The van der Waals surface area contributed by atoms with Gasteiger partial charge in [-0.05, 0) is 31.4 Å². The van der Waals surface area contributed by atoms with Crippen LogP contribution in [0.5, 0.6) is 0 Å². The van der Waals surface area contributed by atoms with E-state index in [1.807, 2.05) is 24.3 Å². The number of hydrogen-bond acceptors (Lipinski definition) is 5. The molecule has 10 nitrogen and oxygen atoms in total. The summed E-state index contributed by atoms with van der Waals surface area (Å²) < 4.78 is 0. The summed E-state index contributed by atoms with van der Waals surface area (Å²) in [6, 6.07) is 3.60. The molecule has 10 heteroatoms. The molecule has 0 aliphatic rings. The van der Waals surface area contributed by atoms with Gasteiger partial charge in [0.2, 0.25) is 17.7 Å².